The molecule has 0 saturated heterocycles. The Balaban J connectivity index is 1.83. The Morgan fingerprint density at radius 1 is 1.20 bits per heavy atom. The Kier molecular flexibility index (Phi) is 5.00. The van der Waals surface area contributed by atoms with E-state index in [2.05, 4.69) is 26.5 Å². The van der Waals surface area contributed by atoms with Crippen LogP contribution in [-0.2, 0) is 0 Å². The molecule has 1 amide bonds. The quantitative estimate of drug-likeness (QED) is 0.513. The molecule has 6 heteroatoms. The summed E-state index contributed by atoms with van der Waals surface area (Å²) in [6.45, 7) is 0. The molecule has 5 nitrogen and oxygen atoms in total. The van der Waals surface area contributed by atoms with E-state index in [1.165, 1.54) is 13.3 Å². The number of fused-ring (bicyclic) bond motifs is 1. The van der Waals surface area contributed by atoms with E-state index in [4.69, 9.17) is 4.74 Å². The van der Waals surface area contributed by atoms with Crippen LogP contribution < -0.4 is 10.2 Å². The van der Waals surface area contributed by atoms with E-state index in [-0.39, 0.29) is 11.7 Å². The molecule has 0 unspecified atom stereocenters. The molecule has 0 aromatic heterocycles. The van der Waals surface area contributed by atoms with Gasteiger partial charge in [-0.05, 0) is 47.2 Å². The van der Waals surface area contributed by atoms with E-state index in [0.717, 1.165) is 15.2 Å². The minimum atomic E-state index is -0.363. The first-order chi connectivity index (χ1) is 12.1. The number of amides is 1. The van der Waals surface area contributed by atoms with Gasteiger partial charge in [-0.1, -0.05) is 34.1 Å². The number of carbonyl (C=O) groups excluding carboxylic acids is 1. The first-order valence-electron chi connectivity index (χ1n) is 7.47. The van der Waals surface area contributed by atoms with Crippen molar-refractivity contribution in [2.24, 2.45) is 5.10 Å². The zero-order chi connectivity index (χ0) is 17.8. The lowest BCUT2D eigenvalue weighted by molar-refractivity contribution is 0.0954. The molecule has 0 radical (unpaired) electrons. The van der Waals surface area contributed by atoms with Gasteiger partial charge in [0.1, 0.15) is 11.5 Å². The molecule has 3 rings (SSSR count). The third-order valence-electron chi connectivity index (χ3n) is 3.69. The van der Waals surface area contributed by atoms with Crippen LogP contribution in [0.1, 0.15) is 15.9 Å². The monoisotopic (exact) mass is 398 g/mol. The van der Waals surface area contributed by atoms with Crippen molar-refractivity contribution in [3.63, 3.8) is 0 Å². The standard InChI is InChI=1S/C19H15BrN2O3/c1-25-15-4-2-3-13(10-15)19(24)22-21-11-17-16-7-6-14(20)9-12(16)5-8-18(17)23/h2-11,23H,1H3,(H,22,24)/b21-11+. The Labute approximate surface area is 153 Å². The summed E-state index contributed by atoms with van der Waals surface area (Å²) in [4.78, 5) is 12.1. The highest BCUT2D eigenvalue weighted by molar-refractivity contribution is 9.10. The summed E-state index contributed by atoms with van der Waals surface area (Å²) in [5.41, 5.74) is 3.43. The normalized spacial score (nSPS) is 11.0. The molecule has 3 aromatic rings. The van der Waals surface area contributed by atoms with Crippen molar-refractivity contribution in [3.05, 3.63) is 70.2 Å². The number of halogens is 1. The van der Waals surface area contributed by atoms with E-state index >= 15 is 0 Å². The minimum Gasteiger partial charge on any atom is -0.507 e. The van der Waals surface area contributed by atoms with Crippen LogP contribution >= 0.6 is 15.9 Å². The highest BCUT2D eigenvalue weighted by Crippen LogP contribution is 2.28. The number of carbonyl (C=O) groups is 1. The number of methoxy groups -OCH3 is 1. The van der Waals surface area contributed by atoms with Crippen molar-refractivity contribution in [2.75, 3.05) is 7.11 Å². The van der Waals surface area contributed by atoms with Crippen LogP contribution in [0.2, 0.25) is 0 Å². The lowest BCUT2D eigenvalue weighted by Crippen LogP contribution is -2.17. The van der Waals surface area contributed by atoms with Crippen LogP contribution in [0.3, 0.4) is 0 Å². The van der Waals surface area contributed by atoms with Crippen molar-refractivity contribution >= 4 is 38.8 Å². The van der Waals surface area contributed by atoms with E-state index < -0.39 is 0 Å². The van der Waals surface area contributed by atoms with Crippen LogP contribution in [0.4, 0.5) is 0 Å². The van der Waals surface area contributed by atoms with Gasteiger partial charge in [0.15, 0.2) is 0 Å². The van der Waals surface area contributed by atoms with E-state index in [9.17, 15) is 9.90 Å². The maximum absolute atomic E-state index is 12.1. The summed E-state index contributed by atoms with van der Waals surface area (Å²) in [6, 6.07) is 15.9. The second-order valence-electron chi connectivity index (χ2n) is 5.29. The summed E-state index contributed by atoms with van der Waals surface area (Å²) < 4.78 is 6.04. The van der Waals surface area contributed by atoms with Gasteiger partial charge in [0.25, 0.3) is 5.91 Å². The number of ether oxygens (including phenoxy) is 1. The van der Waals surface area contributed by atoms with Crippen molar-refractivity contribution in [1.82, 2.24) is 5.43 Å². The van der Waals surface area contributed by atoms with Crippen LogP contribution in [-0.4, -0.2) is 24.3 Å². The molecule has 0 saturated carbocycles. The van der Waals surface area contributed by atoms with Gasteiger partial charge in [-0.3, -0.25) is 4.79 Å². The Morgan fingerprint density at radius 2 is 2.04 bits per heavy atom. The van der Waals surface area contributed by atoms with Gasteiger partial charge in [0.05, 0.1) is 13.3 Å². The van der Waals surface area contributed by atoms with E-state index in [1.807, 2.05) is 24.3 Å². The van der Waals surface area contributed by atoms with Crippen molar-refractivity contribution in [3.8, 4) is 11.5 Å². The van der Waals surface area contributed by atoms with Crippen LogP contribution in [0, 0.1) is 0 Å². The van der Waals surface area contributed by atoms with Crippen LogP contribution in [0.5, 0.6) is 11.5 Å². The number of phenols is 1. The SMILES string of the molecule is COc1cccc(C(=O)N/N=C/c2c(O)ccc3cc(Br)ccc23)c1. The topological polar surface area (TPSA) is 70.9 Å². The third kappa shape index (κ3) is 3.80. The highest BCUT2D eigenvalue weighted by atomic mass is 79.9. The average molecular weight is 399 g/mol. The number of rotatable bonds is 4. The summed E-state index contributed by atoms with van der Waals surface area (Å²) >= 11 is 3.42. The number of phenolic OH excluding ortho intramolecular Hbond substituents is 1. The third-order valence-corrected chi connectivity index (χ3v) is 4.19. The molecule has 3 aromatic carbocycles. The van der Waals surface area contributed by atoms with Crippen molar-refractivity contribution in [1.29, 1.82) is 0 Å². The maximum atomic E-state index is 12.1. The first kappa shape index (κ1) is 17.0. The maximum Gasteiger partial charge on any atom is 0.271 e. The number of aromatic hydroxyl groups is 1. The molecule has 126 valence electrons. The first-order valence-corrected chi connectivity index (χ1v) is 8.26. The second-order valence-corrected chi connectivity index (χ2v) is 6.21. The number of benzene rings is 3. The number of hydrogen-bond donors (Lipinski definition) is 2. The molecule has 0 aliphatic carbocycles. The minimum absolute atomic E-state index is 0.0919. The summed E-state index contributed by atoms with van der Waals surface area (Å²) in [7, 11) is 1.54. The second kappa shape index (κ2) is 7.36. The molecule has 25 heavy (non-hydrogen) atoms. The van der Waals surface area contributed by atoms with Crippen LogP contribution in [0.25, 0.3) is 10.8 Å². The van der Waals surface area contributed by atoms with Gasteiger partial charge < -0.3 is 9.84 Å². The molecule has 2 N–H and O–H groups in total. The lowest BCUT2D eigenvalue weighted by Gasteiger charge is -2.06. The molecule has 0 bridgehead atoms. The van der Waals surface area contributed by atoms with Gasteiger partial charge in [-0.15, -0.1) is 0 Å². The molecular formula is C19H15BrN2O3. The highest BCUT2D eigenvalue weighted by Gasteiger charge is 2.07. The zero-order valence-electron chi connectivity index (χ0n) is 13.4. The largest absolute Gasteiger partial charge is 0.507 e. The summed E-state index contributed by atoms with van der Waals surface area (Å²) in [5, 5.41) is 15.9. The fourth-order valence-corrected chi connectivity index (χ4v) is 2.81. The van der Waals surface area contributed by atoms with Crippen molar-refractivity contribution in [2.45, 2.75) is 0 Å². The number of hydrogen-bond acceptors (Lipinski definition) is 4. The molecule has 0 spiro atoms. The Hall–Kier alpha value is -2.86. The van der Waals surface area contributed by atoms with Gasteiger partial charge in [-0.25, -0.2) is 5.43 Å². The Morgan fingerprint density at radius 3 is 2.84 bits per heavy atom. The molecule has 0 atom stereocenters. The summed E-state index contributed by atoms with van der Waals surface area (Å²) in [5.74, 6) is 0.320. The Bertz CT molecular complexity index is 970. The predicted octanol–water partition coefficient (Wildman–Crippen LogP) is 4.08. The number of nitrogens with zero attached hydrogens (tertiary/aromatic N) is 1. The fourth-order valence-electron chi connectivity index (χ4n) is 2.43. The smallest absolute Gasteiger partial charge is 0.271 e. The van der Waals surface area contributed by atoms with Gasteiger partial charge in [0, 0.05) is 15.6 Å². The average Bonchev–Trinajstić information content (AvgIpc) is 2.63. The number of nitrogens with one attached hydrogen (secondary N) is 1. The van der Waals surface area contributed by atoms with Crippen LogP contribution in [0.15, 0.2) is 64.2 Å². The molecule has 0 heterocycles. The fraction of sp³-hybridized carbons (Fsp3) is 0.0526. The van der Waals surface area contributed by atoms with Gasteiger partial charge in [0.2, 0.25) is 0 Å². The summed E-state index contributed by atoms with van der Waals surface area (Å²) in [6.07, 6.45) is 1.43. The predicted molar refractivity (Wildman–Crippen MR) is 101 cm³/mol. The zero-order valence-corrected chi connectivity index (χ0v) is 14.9. The lowest BCUT2D eigenvalue weighted by atomic mass is 10.0. The molecule has 0 aliphatic rings. The van der Waals surface area contributed by atoms with Gasteiger partial charge in [-0.2, -0.15) is 5.10 Å². The van der Waals surface area contributed by atoms with Crippen molar-refractivity contribution < 1.29 is 14.6 Å². The van der Waals surface area contributed by atoms with Gasteiger partial charge >= 0.3 is 0 Å². The van der Waals surface area contributed by atoms with E-state index in [1.54, 1.807) is 30.3 Å². The molecule has 0 fully saturated rings. The van der Waals surface area contributed by atoms with E-state index in [0.29, 0.717) is 16.9 Å². The molecular weight excluding hydrogens is 384 g/mol. The number of hydrazone groups is 1. The molecule has 0 aliphatic heterocycles.